The molecule has 0 aromatic carbocycles. The zero-order chi connectivity index (χ0) is 14.7. The van der Waals surface area contributed by atoms with Crippen molar-refractivity contribution >= 4 is 0 Å². The lowest BCUT2D eigenvalue weighted by atomic mass is 9.94. The van der Waals surface area contributed by atoms with Crippen LogP contribution in [0.2, 0.25) is 0 Å². The third kappa shape index (κ3) is 3.81. The summed E-state index contributed by atoms with van der Waals surface area (Å²) in [5, 5.41) is 17.3. The number of piperidine rings is 2. The lowest BCUT2D eigenvalue weighted by molar-refractivity contribution is 0.0507. The SMILES string of the molecule is Cc1nnc(CN2CCC(N3CCC[C@H](CO)C3)CC2)o1. The third-order valence-corrected chi connectivity index (χ3v) is 4.81. The molecule has 118 valence electrons. The first-order valence-corrected chi connectivity index (χ1v) is 8.11. The lowest BCUT2D eigenvalue weighted by Gasteiger charge is -2.41. The van der Waals surface area contributed by atoms with Gasteiger partial charge in [0.1, 0.15) is 0 Å². The number of aliphatic hydroxyl groups excluding tert-OH is 1. The van der Waals surface area contributed by atoms with Crippen LogP contribution in [-0.2, 0) is 6.54 Å². The van der Waals surface area contributed by atoms with Crippen LogP contribution in [-0.4, -0.2) is 63.9 Å². The minimum Gasteiger partial charge on any atom is -0.424 e. The van der Waals surface area contributed by atoms with Gasteiger partial charge < -0.3 is 9.52 Å². The van der Waals surface area contributed by atoms with Gasteiger partial charge in [0.2, 0.25) is 11.8 Å². The fraction of sp³-hybridized carbons (Fsp3) is 0.867. The molecular weight excluding hydrogens is 268 g/mol. The number of rotatable bonds is 4. The van der Waals surface area contributed by atoms with Crippen molar-refractivity contribution in [2.24, 2.45) is 5.92 Å². The van der Waals surface area contributed by atoms with E-state index >= 15 is 0 Å². The van der Waals surface area contributed by atoms with Gasteiger partial charge in [0, 0.05) is 39.2 Å². The molecule has 2 fully saturated rings. The number of hydrogen-bond acceptors (Lipinski definition) is 6. The fourth-order valence-corrected chi connectivity index (χ4v) is 3.61. The molecule has 1 aromatic heterocycles. The Kier molecular flexibility index (Phi) is 4.87. The lowest BCUT2D eigenvalue weighted by Crippen LogP contribution is -2.48. The van der Waals surface area contributed by atoms with Gasteiger partial charge in [0.05, 0.1) is 6.54 Å². The summed E-state index contributed by atoms with van der Waals surface area (Å²) >= 11 is 0. The predicted molar refractivity (Wildman–Crippen MR) is 78.7 cm³/mol. The van der Waals surface area contributed by atoms with Gasteiger partial charge >= 0.3 is 0 Å². The molecule has 6 heteroatoms. The predicted octanol–water partition coefficient (Wildman–Crippen LogP) is 1.05. The molecule has 0 bridgehead atoms. The summed E-state index contributed by atoms with van der Waals surface area (Å²) in [5.41, 5.74) is 0. The van der Waals surface area contributed by atoms with E-state index in [-0.39, 0.29) is 0 Å². The van der Waals surface area contributed by atoms with Crippen molar-refractivity contribution in [2.75, 3.05) is 32.8 Å². The monoisotopic (exact) mass is 294 g/mol. The van der Waals surface area contributed by atoms with Crippen LogP contribution in [0.3, 0.4) is 0 Å². The number of likely N-dealkylation sites (tertiary alicyclic amines) is 2. The highest BCUT2D eigenvalue weighted by molar-refractivity contribution is 4.86. The molecule has 2 aliphatic heterocycles. The Morgan fingerprint density at radius 2 is 2.00 bits per heavy atom. The standard InChI is InChI=1S/C15H26N4O2/c1-12-16-17-15(21-12)10-18-7-4-14(5-8-18)19-6-2-3-13(9-19)11-20/h13-14,20H,2-11H2,1H3/t13-/m0/s1. The van der Waals surface area contributed by atoms with Gasteiger partial charge in [-0.2, -0.15) is 0 Å². The molecule has 0 spiro atoms. The molecule has 0 amide bonds. The normalized spacial score (nSPS) is 26.3. The van der Waals surface area contributed by atoms with Gasteiger partial charge in [-0.1, -0.05) is 0 Å². The molecule has 21 heavy (non-hydrogen) atoms. The first-order chi connectivity index (χ1) is 10.2. The van der Waals surface area contributed by atoms with Gasteiger partial charge in [-0.25, -0.2) is 0 Å². The van der Waals surface area contributed by atoms with Crippen molar-refractivity contribution in [1.82, 2.24) is 20.0 Å². The van der Waals surface area contributed by atoms with Crippen LogP contribution < -0.4 is 0 Å². The average Bonchev–Trinajstić information content (AvgIpc) is 2.93. The van der Waals surface area contributed by atoms with Gasteiger partial charge in [-0.15, -0.1) is 10.2 Å². The fourth-order valence-electron chi connectivity index (χ4n) is 3.61. The highest BCUT2D eigenvalue weighted by atomic mass is 16.4. The Morgan fingerprint density at radius 1 is 1.19 bits per heavy atom. The first kappa shape index (κ1) is 14.9. The molecular formula is C15H26N4O2. The number of aryl methyl sites for hydroxylation is 1. The molecule has 0 unspecified atom stereocenters. The Bertz CT molecular complexity index is 443. The Morgan fingerprint density at radius 3 is 2.67 bits per heavy atom. The largest absolute Gasteiger partial charge is 0.424 e. The molecule has 1 aromatic rings. The van der Waals surface area contributed by atoms with Crippen molar-refractivity contribution in [1.29, 1.82) is 0 Å². The second-order valence-corrected chi connectivity index (χ2v) is 6.41. The molecule has 0 saturated carbocycles. The summed E-state index contributed by atoms with van der Waals surface area (Å²) in [7, 11) is 0. The van der Waals surface area contributed by atoms with E-state index in [1.165, 1.54) is 32.2 Å². The van der Waals surface area contributed by atoms with E-state index in [1.54, 1.807) is 0 Å². The highest BCUT2D eigenvalue weighted by Gasteiger charge is 2.28. The molecule has 2 aliphatic rings. The highest BCUT2D eigenvalue weighted by Crippen LogP contribution is 2.24. The Balaban J connectivity index is 1.46. The minimum atomic E-state index is 0.339. The molecule has 1 N–H and O–H groups in total. The summed E-state index contributed by atoms with van der Waals surface area (Å²) in [6.07, 6.45) is 4.81. The topological polar surface area (TPSA) is 65.6 Å². The molecule has 0 aliphatic carbocycles. The van der Waals surface area contributed by atoms with Gasteiger partial charge in [-0.3, -0.25) is 9.80 Å². The van der Waals surface area contributed by atoms with E-state index in [4.69, 9.17) is 4.42 Å². The minimum absolute atomic E-state index is 0.339. The van der Waals surface area contributed by atoms with Crippen molar-refractivity contribution in [2.45, 2.75) is 45.2 Å². The molecule has 1 atom stereocenters. The van der Waals surface area contributed by atoms with Crippen LogP contribution in [0, 0.1) is 12.8 Å². The molecule has 6 nitrogen and oxygen atoms in total. The zero-order valence-corrected chi connectivity index (χ0v) is 12.9. The number of aliphatic hydroxyl groups is 1. The Hall–Kier alpha value is -0.980. The van der Waals surface area contributed by atoms with Crippen LogP contribution in [0.25, 0.3) is 0 Å². The summed E-state index contributed by atoms with van der Waals surface area (Å²) < 4.78 is 5.46. The third-order valence-electron chi connectivity index (χ3n) is 4.81. The average molecular weight is 294 g/mol. The van der Waals surface area contributed by atoms with E-state index in [2.05, 4.69) is 20.0 Å². The second-order valence-electron chi connectivity index (χ2n) is 6.41. The zero-order valence-electron chi connectivity index (χ0n) is 12.9. The van der Waals surface area contributed by atoms with Crippen molar-refractivity contribution < 1.29 is 9.52 Å². The van der Waals surface area contributed by atoms with E-state index in [9.17, 15) is 5.11 Å². The maximum absolute atomic E-state index is 9.36. The number of nitrogens with zero attached hydrogens (tertiary/aromatic N) is 4. The van der Waals surface area contributed by atoms with Gasteiger partial charge in [0.25, 0.3) is 0 Å². The quantitative estimate of drug-likeness (QED) is 0.895. The summed E-state index contributed by atoms with van der Waals surface area (Å²) in [6, 6.07) is 0.681. The van der Waals surface area contributed by atoms with E-state index in [0.717, 1.165) is 32.1 Å². The van der Waals surface area contributed by atoms with Crippen LogP contribution in [0.5, 0.6) is 0 Å². The smallest absolute Gasteiger partial charge is 0.230 e. The van der Waals surface area contributed by atoms with Gasteiger partial charge in [0.15, 0.2) is 0 Å². The molecule has 0 radical (unpaired) electrons. The van der Waals surface area contributed by atoms with Crippen LogP contribution in [0.4, 0.5) is 0 Å². The molecule has 3 heterocycles. The van der Waals surface area contributed by atoms with E-state index in [0.29, 0.717) is 24.5 Å². The van der Waals surface area contributed by atoms with E-state index in [1.807, 2.05) is 6.92 Å². The van der Waals surface area contributed by atoms with E-state index < -0.39 is 0 Å². The van der Waals surface area contributed by atoms with Gasteiger partial charge in [-0.05, 0) is 38.1 Å². The summed E-state index contributed by atoms with van der Waals surface area (Å²) in [4.78, 5) is 5.00. The summed E-state index contributed by atoms with van der Waals surface area (Å²) in [5.74, 6) is 1.85. The maximum Gasteiger partial charge on any atom is 0.230 e. The summed E-state index contributed by atoms with van der Waals surface area (Å²) in [6.45, 7) is 7.39. The molecule has 3 rings (SSSR count). The van der Waals surface area contributed by atoms with Crippen molar-refractivity contribution in [3.8, 4) is 0 Å². The van der Waals surface area contributed by atoms with Crippen LogP contribution >= 0.6 is 0 Å². The van der Waals surface area contributed by atoms with Crippen molar-refractivity contribution in [3.63, 3.8) is 0 Å². The Labute approximate surface area is 126 Å². The first-order valence-electron chi connectivity index (χ1n) is 8.11. The van der Waals surface area contributed by atoms with Crippen LogP contribution in [0.15, 0.2) is 4.42 Å². The van der Waals surface area contributed by atoms with Crippen LogP contribution in [0.1, 0.15) is 37.5 Å². The number of hydrogen-bond donors (Lipinski definition) is 1. The van der Waals surface area contributed by atoms with Crippen molar-refractivity contribution in [3.05, 3.63) is 11.8 Å². The molecule has 2 saturated heterocycles. The second kappa shape index (κ2) is 6.85. The number of aromatic nitrogens is 2. The maximum atomic E-state index is 9.36.